The predicted molar refractivity (Wildman–Crippen MR) is 54.9 cm³/mol. The minimum absolute atomic E-state index is 0.202. The number of hydrogen-bond donors (Lipinski definition) is 0. The predicted octanol–water partition coefficient (Wildman–Crippen LogP) is 2.54. The SMILES string of the molecule is O=C1OCCN1Cc1cccc(OC(F)(F)F)c1. The van der Waals surface area contributed by atoms with Gasteiger partial charge in [-0.3, -0.25) is 0 Å². The Bertz CT molecular complexity index is 447. The van der Waals surface area contributed by atoms with Crippen LogP contribution in [0.2, 0.25) is 0 Å². The molecule has 0 aromatic heterocycles. The van der Waals surface area contributed by atoms with E-state index in [-0.39, 0.29) is 12.3 Å². The summed E-state index contributed by atoms with van der Waals surface area (Å²) >= 11 is 0. The van der Waals surface area contributed by atoms with E-state index in [1.54, 1.807) is 6.07 Å². The minimum Gasteiger partial charge on any atom is -0.448 e. The van der Waals surface area contributed by atoms with Crippen LogP contribution in [0, 0.1) is 0 Å². The lowest BCUT2D eigenvalue weighted by Crippen LogP contribution is -2.23. The lowest BCUT2D eigenvalue weighted by atomic mass is 10.2. The fraction of sp³-hybridized carbons (Fsp3) is 0.364. The van der Waals surface area contributed by atoms with E-state index in [2.05, 4.69) is 4.74 Å². The van der Waals surface area contributed by atoms with Gasteiger partial charge in [0.25, 0.3) is 0 Å². The summed E-state index contributed by atoms with van der Waals surface area (Å²) in [6, 6.07) is 5.52. The molecule has 18 heavy (non-hydrogen) atoms. The summed E-state index contributed by atoms with van der Waals surface area (Å²) in [5.41, 5.74) is 0.551. The van der Waals surface area contributed by atoms with E-state index >= 15 is 0 Å². The monoisotopic (exact) mass is 261 g/mol. The van der Waals surface area contributed by atoms with Crippen molar-refractivity contribution in [3.8, 4) is 5.75 Å². The Hall–Kier alpha value is -1.92. The first-order valence-electron chi connectivity index (χ1n) is 5.20. The molecule has 1 heterocycles. The van der Waals surface area contributed by atoms with E-state index in [9.17, 15) is 18.0 Å². The average Bonchev–Trinajstić information content (AvgIpc) is 2.62. The third-order valence-electron chi connectivity index (χ3n) is 2.35. The Kier molecular flexibility index (Phi) is 3.31. The highest BCUT2D eigenvalue weighted by atomic mass is 19.4. The van der Waals surface area contributed by atoms with E-state index in [4.69, 9.17) is 4.74 Å². The van der Waals surface area contributed by atoms with Crippen molar-refractivity contribution < 1.29 is 27.4 Å². The number of halogens is 3. The van der Waals surface area contributed by atoms with Crippen LogP contribution in [0.1, 0.15) is 5.56 Å². The van der Waals surface area contributed by atoms with Crippen molar-refractivity contribution in [2.75, 3.05) is 13.2 Å². The summed E-state index contributed by atoms with van der Waals surface area (Å²) in [5, 5.41) is 0. The molecule has 0 saturated carbocycles. The average molecular weight is 261 g/mol. The molecule has 1 aliphatic heterocycles. The van der Waals surface area contributed by atoms with Gasteiger partial charge in [0.1, 0.15) is 12.4 Å². The van der Waals surface area contributed by atoms with Gasteiger partial charge in [-0.1, -0.05) is 12.1 Å². The van der Waals surface area contributed by atoms with E-state index in [0.29, 0.717) is 18.7 Å². The first-order valence-corrected chi connectivity index (χ1v) is 5.20. The van der Waals surface area contributed by atoms with Gasteiger partial charge in [-0.05, 0) is 17.7 Å². The van der Waals surface area contributed by atoms with Gasteiger partial charge in [0.2, 0.25) is 0 Å². The number of cyclic esters (lactones) is 1. The molecule has 1 aromatic rings. The molecule has 0 atom stereocenters. The molecule has 0 N–H and O–H groups in total. The van der Waals surface area contributed by atoms with Gasteiger partial charge in [-0.15, -0.1) is 13.2 Å². The van der Waals surface area contributed by atoms with Crippen LogP contribution in [0.4, 0.5) is 18.0 Å². The molecular weight excluding hydrogens is 251 g/mol. The number of alkyl halides is 3. The van der Waals surface area contributed by atoms with Crippen LogP contribution < -0.4 is 4.74 Å². The number of carbonyl (C=O) groups is 1. The molecule has 0 aliphatic carbocycles. The number of benzene rings is 1. The van der Waals surface area contributed by atoms with Gasteiger partial charge in [-0.25, -0.2) is 4.79 Å². The highest BCUT2D eigenvalue weighted by molar-refractivity contribution is 5.69. The number of amides is 1. The Morgan fingerprint density at radius 3 is 2.78 bits per heavy atom. The van der Waals surface area contributed by atoms with Crippen LogP contribution in [0.25, 0.3) is 0 Å². The summed E-state index contributed by atoms with van der Waals surface area (Å²) < 4.78 is 44.6. The topological polar surface area (TPSA) is 38.8 Å². The van der Waals surface area contributed by atoms with Crippen LogP contribution in [0.15, 0.2) is 24.3 Å². The van der Waals surface area contributed by atoms with Crippen molar-refractivity contribution in [1.82, 2.24) is 4.90 Å². The second-order valence-corrected chi connectivity index (χ2v) is 3.73. The van der Waals surface area contributed by atoms with Gasteiger partial charge in [0.05, 0.1) is 6.54 Å². The van der Waals surface area contributed by atoms with E-state index < -0.39 is 12.5 Å². The zero-order valence-corrected chi connectivity index (χ0v) is 9.24. The van der Waals surface area contributed by atoms with Crippen LogP contribution in [-0.4, -0.2) is 30.5 Å². The van der Waals surface area contributed by atoms with Crippen molar-refractivity contribution in [2.45, 2.75) is 12.9 Å². The van der Waals surface area contributed by atoms with Gasteiger partial charge < -0.3 is 14.4 Å². The largest absolute Gasteiger partial charge is 0.573 e. The highest BCUT2D eigenvalue weighted by Crippen LogP contribution is 2.24. The second kappa shape index (κ2) is 4.75. The van der Waals surface area contributed by atoms with Crippen molar-refractivity contribution in [1.29, 1.82) is 0 Å². The summed E-state index contributed by atoms with van der Waals surface area (Å²) in [4.78, 5) is 12.6. The molecule has 1 amide bonds. The maximum absolute atomic E-state index is 12.0. The fourth-order valence-corrected chi connectivity index (χ4v) is 1.63. The third-order valence-corrected chi connectivity index (χ3v) is 2.35. The third kappa shape index (κ3) is 3.28. The molecule has 2 rings (SSSR count). The van der Waals surface area contributed by atoms with Crippen LogP contribution in [0.3, 0.4) is 0 Å². The molecule has 1 aromatic carbocycles. The first kappa shape index (κ1) is 12.5. The molecule has 1 aliphatic rings. The smallest absolute Gasteiger partial charge is 0.448 e. The zero-order valence-electron chi connectivity index (χ0n) is 9.24. The molecule has 0 spiro atoms. The molecule has 7 heteroatoms. The molecule has 1 saturated heterocycles. The summed E-state index contributed by atoms with van der Waals surface area (Å²) in [6.45, 7) is 0.939. The number of nitrogens with zero attached hydrogens (tertiary/aromatic N) is 1. The van der Waals surface area contributed by atoms with Crippen molar-refractivity contribution in [3.63, 3.8) is 0 Å². The Morgan fingerprint density at radius 1 is 1.39 bits per heavy atom. The van der Waals surface area contributed by atoms with Crippen LogP contribution in [-0.2, 0) is 11.3 Å². The van der Waals surface area contributed by atoms with Crippen LogP contribution in [0.5, 0.6) is 5.75 Å². The summed E-state index contributed by atoms with van der Waals surface area (Å²) in [7, 11) is 0. The first-order chi connectivity index (χ1) is 8.44. The normalized spacial score (nSPS) is 15.7. The molecule has 0 unspecified atom stereocenters. The number of hydrogen-bond acceptors (Lipinski definition) is 3. The maximum atomic E-state index is 12.0. The van der Waals surface area contributed by atoms with Gasteiger partial charge >= 0.3 is 12.5 Å². The molecule has 1 fully saturated rings. The molecule has 0 bridgehead atoms. The van der Waals surface area contributed by atoms with E-state index in [1.165, 1.54) is 23.1 Å². The molecule has 0 radical (unpaired) electrons. The lowest BCUT2D eigenvalue weighted by molar-refractivity contribution is -0.274. The summed E-state index contributed by atoms with van der Waals surface area (Å²) in [5.74, 6) is -0.299. The fourth-order valence-electron chi connectivity index (χ4n) is 1.63. The maximum Gasteiger partial charge on any atom is 0.573 e. The number of ether oxygens (including phenoxy) is 2. The number of carbonyl (C=O) groups excluding carboxylic acids is 1. The highest BCUT2D eigenvalue weighted by Gasteiger charge is 2.31. The summed E-state index contributed by atoms with van der Waals surface area (Å²) in [6.07, 6.45) is -5.18. The zero-order chi connectivity index (χ0) is 13.2. The van der Waals surface area contributed by atoms with Crippen molar-refractivity contribution in [2.24, 2.45) is 0 Å². The minimum atomic E-state index is -4.72. The van der Waals surface area contributed by atoms with Crippen molar-refractivity contribution >= 4 is 6.09 Å². The van der Waals surface area contributed by atoms with E-state index in [1.807, 2.05) is 0 Å². The quantitative estimate of drug-likeness (QED) is 0.839. The van der Waals surface area contributed by atoms with Crippen LogP contribution >= 0.6 is 0 Å². The van der Waals surface area contributed by atoms with Crippen molar-refractivity contribution in [3.05, 3.63) is 29.8 Å². The molecule has 4 nitrogen and oxygen atoms in total. The van der Waals surface area contributed by atoms with Gasteiger partial charge in [-0.2, -0.15) is 0 Å². The second-order valence-electron chi connectivity index (χ2n) is 3.73. The number of rotatable bonds is 3. The molecule has 98 valence electrons. The lowest BCUT2D eigenvalue weighted by Gasteiger charge is -2.14. The Balaban J connectivity index is 2.05. The van der Waals surface area contributed by atoms with Gasteiger partial charge in [0, 0.05) is 6.54 Å². The Labute approximate surface area is 101 Å². The van der Waals surface area contributed by atoms with Gasteiger partial charge in [0.15, 0.2) is 0 Å². The Morgan fingerprint density at radius 2 is 2.17 bits per heavy atom. The molecular formula is C11H10F3NO3. The van der Waals surface area contributed by atoms with E-state index in [0.717, 1.165) is 0 Å². The standard InChI is InChI=1S/C11H10F3NO3/c12-11(13,14)18-9-3-1-2-8(6-9)7-15-4-5-17-10(15)16/h1-3,6H,4-5,7H2.